The van der Waals surface area contributed by atoms with E-state index in [0.717, 1.165) is 96.5 Å². The molecule has 0 saturated carbocycles. The summed E-state index contributed by atoms with van der Waals surface area (Å²) in [6, 6.07) is 53.8. The largest absolute Gasteiger partial charge is 0.379 e. The summed E-state index contributed by atoms with van der Waals surface area (Å²) < 4.78 is 6.84. The lowest BCUT2D eigenvalue weighted by Gasteiger charge is -2.16. The number of rotatable bonds is 12. The normalized spacial score (nSPS) is 13.3. The highest BCUT2D eigenvalue weighted by atomic mass is 15.3. The molecule has 2 N–H and O–H groups in total. The van der Waals surface area contributed by atoms with Crippen LogP contribution in [0, 0.1) is 19.8 Å². The summed E-state index contributed by atoms with van der Waals surface area (Å²) in [4.78, 5) is 4.92. The quantitative estimate of drug-likeness (QED) is 0.0942. The number of pyridine rings is 1. The van der Waals surface area contributed by atoms with Crippen molar-refractivity contribution in [1.29, 1.82) is 0 Å². The second kappa shape index (κ2) is 30.9. The number of hydrogen-bond acceptors (Lipinski definition) is 5. The molecule has 83 heavy (non-hydrogen) atoms. The van der Waals surface area contributed by atoms with Crippen LogP contribution >= 0.6 is 0 Å². The lowest BCUT2D eigenvalue weighted by molar-refractivity contribution is 0.884. The molecule has 0 fully saturated rings. The van der Waals surface area contributed by atoms with Crippen molar-refractivity contribution >= 4 is 72.1 Å². The van der Waals surface area contributed by atoms with E-state index in [-0.39, 0.29) is 6.04 Å². The van der Waals surface area contributed by atoms with Crippen LogP contribution < -0.4 is 10.6 Å². The summed E-state index contributed by atoms with van der Waals surface area (Å²) in [7, 11) is 0. The molecule has 2 aliphatic carbocycles. The molecule has 8 heteroatoms. The van der Waals surface area contributed by atoms with E-state index in [1.54, 1.807) is 12.2 Å². The van der Waals surface area contributed by atoms with E-state index in [2.05, 4.69) is 227 Å². The van der Waals surface area contributed by atoms with Crippen LogP contribution in [0.15, 0.2) is 268 Å². The molecule has 0 radical (unpaired) electrons. The summed E-state index contributed by atoms with van der Waals surface area (Å²) >= 11 is 0. The number of hydrogen-bond donors (Lipinski definition) is 2. The molecule has 1 unspecified atom stereocenters. The van der Waals surface area contributed by atoms with Crippen LogP contribution in [-0.4, -0.2) is 34.9 Å². The van der Waals surface area contributed by atoms with Crippen LogP contribution in [0.2, 0.25) is 0 Å². The van der Waals surface area contributed by atoms with Gasteiger partial charge in [-0.3, -0.25) is 9.13 Å². The molecule has 12 rings (SSSR count). The van der Waals surface area contributed by atoms with Crippen molar-refractivity contribution in [3.05, 3.63) is 280 Å². The van der Waals surface area contributed by atoms with Crippen LogP contribution in [0.25, 0.3) is 77.8 Å². The molecule has 0 spiro atoms. The zero-order chi connectivity index (χ0) is 58.9. The van der Waals surface area contributed by atoms with Gasteiger partial charge in [0.2, 0.25) is 0 Å². The molecule has 8 nitrogen and oxygen atoms in total. The second-order valence-corrected chi connectivity index (χ2v) is 18.6. The molecule has 0 amide bonds. The van der Waals surface area contributed by atoms with Gasteiger partial charge in [0.15, 0.2) is 11.6 Å². The predicted molar refractivity (Wildman–Crippen MR) is 361 cm³/mol. The Morgan fingerprint density at radius 3 is 1.87 bits per heavy atom. The summed E-state index contributed by atoms with van der Waals surface area (Å²) in [5.74, 6) is 1.57. The zero-order valence-corrected chi connectivity index (χ0v) is 49.0. The number of nitrogens with one attached hydrogen (secondary N) is 2. The number of anilines is 3. The van der Waals surface area contributed by atoms with E-state index in [1.807, 2.05) is 115 Å². The molecule has 416 valence electrons. The molecule has 10 aromatic rings. The van der Waals surface area contributed by atoms with Gasteiger partial charge in [-0.25, -0.2) is 4.98 Å². The van der Waals surface area contributed by atoms with Gasteiger partial charge in [-0.2, -0.15) is 0 Å². The smallest absolute Gasteiger partial charge is 0.169 e. The lowest BCUT2D eigenvalue weighted by atomic mass is 10.1. The highest BCUT2D eigenvalue weighted by molar-refractivity contribution is 6.11. The topological polar surface area (TPSA) is 77.5 Å². The summed E-state index contributed by atoms with van der Waals surface area (Å²) in [6.07, 6.45) is 44.1. The molecule has 0 aliphatic heterocycles. The van der Waals surface area contributed by atoms with Crippen molar-refractivity contribution in [2.45, 2.75) is 67.3 Å². The Hall–Kier alpha value is -10.2. The number of allylic oxidation sites excluding steroid dienone is 16. The molecule has 2 aliphatic rings. The average molecular weight is 1090 g/mol. The minimum absolute atomic E-state index is 0.270. The number of aryl methyl sites for hydroxylation is 1. The number of para-hydroxylation sites is 3. The Labute approximate surface area is 491 Å². The molecule has 1 atom stereocenters. The fourth-order valence-corrected chi connectivity index (χ4v) is 9.95. The Balaban J connectivity index is 0.000000488. The molecule has 6 aromatic carbocycles. The first-order chi connectivity index (χ1) is 41.0. The Bertz CT molecular complexity index is 4030. The minimum Gasteiger partial charge on any atom is -0.379 e. The maximum atomic E-state index is 4.94. The van der Waals surface area contributed by atoms with Gasteiger partial charge in [0, 0.05) is 79.1 Å². The summed E-state index contributed by atoms with van der Waals surface area (Å²) in [6.45, 7) is 21.1. The van der Waals surface area contributed by atoms with Crippen LogP contribution in [0.1, 0.15) is 65.8 Å². The van der Waals surface area contributed by atoms with Gasteiger partial charge < -0.3 is 15.2 Å². The fourth-order valence-electron chi connectivity index (χ4n) is 9.95. The van der Waals surface area contributed by atoms with Gasteiger partial charge in [0.05, 0.1) is 16.6 Å². The Morgan fingerprint density at radius 1 is 0.554 bits per heavy atom. The molecule has 0 saturated heterocycles. The molecular formula is C75H76N8. The van der Waals surface area contributed by atoms with E-state index in [9.17, 15) is 0 Å². The van der Waals surface area contributed by atoms with E-state index in [1.165, 1.54) is 16.2 Å². The number of aromatic nitrogens is 6. The van der Waals surface area contributed by atoms with E-state index < -0.39 is 0 Å². The third-order valence-electron chi connectivity index (χ3n) is 13.5. The number of benzene rings is 6. The molecule has 4 heterocycles. The van der Waals surface area contributed by atoms with Crippen molar-refractivity contribution in [3.8, 4) is 35.6 Å². The molecule has 4 aromatic heterocycles. The van der Waals surface area contributed by atoms with Crippen molar-refractivity contribution in [3.63, 3.8) is 0 Å². The number of nitrogens with zero attached hydrogens (tertiary/aromatic N) is 6. The molecular weight excluding hydrogens is 1010 g/mol. The lowest BCUT2D eigenvalue weighted by Crippen LogP contribution is -2.16. The standard InChI is InChI=1S/C57H44N8.C6H10.C6H8.2C2H6.C2H2/c1-38-35-46(63-52-25-12-11-23-48(52)50-36-42(27-32-53(50)63)59-40-16-5-2-6-17-40)30-31-47(38)57-62-61-55(65(57)44-20-9-4-10-21-44)39-15-13-22-45(29-26-39)64-54-33-28-43(60-41-18-7-3-8-19-41)37-51(54)49-24-14-34-58-56(49)64;2*1-3-5-6-4-2;3*1-2/h2-12,14-18,20-37,41,59-60H,13,19H2,1H3;3-6H,1-2H3;3-6H,1-2H2;2*1-2H3;1-2H/b;5-3-,6-4-;6-5-;;;. The van der Waals surface area contributed by atoms with Crippen molar-refractivity contribution in [2.75, 3.05) is 10.6 Å². The van der Waals surface area contributed by atoms with Gasteiger partial charge in [-0.15, -0.1) is 23.0 Å². The zero-order valence-electron chi connectivity index (χ0n) is 49.0. The Kier molecular flexibility index (Phi) is 22.5. The van der Waals surface area contributed by atoms with E-state index >= 15 is 0 Å². The first kappa shape index (κ1) is 60.4. The first-order valence-electron chi connectivity index (χ1n) is 28.5. The van der Waals surface area contributed by atoms with Crippen molar-refractivity contribution in [2.24, 2.45) is 0 Å². The second-order valence-electron chi connectivity index (χ2n) is 18.6. The van der Waals surface area contributed by atoms with E-state index in [4.69, 9.17) is 15.2 Å². The van der Waals surface area contributed by atoms with Crippen LogP contribution in [-0.2, 0) is 0 Å². The summed E-state index contributed by atoms with van der Waals surface area (Å²) in [5, 5.41) is 21.9. The minimum atomic E-state index is 0.270. The maximum absolute atomic E-state index is 4.94. The van der Waals surface area contributed by atoms with Gasteiger partial charge in [0.25, 0.3) is 0 Å². The van der Waals surface area contributed by atoms with Crippen LogP contribution in [0.5, 0.6) is 0 Å². The fraction of sp³-hybridized carbons (Fsp3) is 0.133. The van der Waals surface area contributed by atoms with E-state index in [0.29, 0.717) is 6.42 Å². The first-order valence-corrected chi connectivity index (χ1v) is 28.5. The summed E-state index contributed by atoms with van der Waals surface area (Å²) in [5.41, 5.74) is 13.8. The predicted octanol–water partition coefficient (Wildman–Crippen LogP) is 20.1. The van der Waals surface area contributed by atoms with Crippen molar-refractivity contribution < 1.29 is 0 Å². The maximum Gasteiger partial charge on any atom is 0.169 e. The van der Waals surface area contributed by atoms with Crippen LogP contribution in [0.3, 0.4) is 0 Å². The van der Waals surface area contributed by atoms with Crippen LogP contribution in [0.4, 0.5) is 17.1 Å². The third kappa shape index (κ3) is 14.2. The molecule has 0 bridgehead atoms. The monoisotopic (exact) mass is 1090 g/mol. The highest BCUT2D eigenvalue weighted by Crippen LogP contribution is 2.38. The SMILES string of the molecule is C#C.C/C=C\C=C/C.C=C/C=C\C=C.CC.CC.Cc1cc(-n2c3ccccc3c3cc(Nc4ccccc4)ccc32)ccc1-c1nnc(C2=CCC=C(n3c4ccc(NC5C=CC=CC5)cc4c4cccnc43)C=C2)n1-c1ccccc1. The van der Waals surface area contributed by atoms with Gasteiger partial charge >= 0.3 is 0 Å². The number of terminal acetylenes is 1. The third-order valence-corrected chi connectivity index (χ3v) is 13.5. The van der Waals surface area contributed by atoms with Crippen molar-refractivity contribution in [1.82, 2.24) is 28.9 Å². The van der Waals surface area contributed by atoms with Gasteiger partial charge in [0.1, 0.15) is 5.65 Å². The number of fused-ring (bicyclic) bond motifs is 6. The van der Waals surface area contributed by atoms with Gasteiger partial charge in [-0.1, -0.05) is 181 Å². The highest BCUT2D eigenvalue weighted by Gasteiger charge is 2.22. The van der Waals surface area contributed by atoms with Gasteiger partial charge in [-0.05, 0) is 148 Å². The Morgan fingerprint density at radius 2 is 1.18 bits per heavy atom. The average Bonchev–Trinajstić information content (AvgIpc) is 4.30.